The standard InChI is InChI=1S/C21H18O3/c1-3-12-23-19-7-5-4-6-18(19)21-14-17(22)13-20(24-21)16-10-8-15(2)9-11-16/h3-11,13-14H,1,12H2,2H3. The summed E-state index contributed by atoms with van der Waals surface area (Å²) in [5, 5.41) is 0. The summed E-state index contributed by atoms with van der Waals surface area (Å²) in [6.45, 7) is 6.06. The highest BCUT2D eigenvalue weighted by Crippen LogP contribution is 2.31. The molecule has 0 atom stereocenters. The van der Waals surface area contributed by atoms with Crippen LogP contribution in [0.25, 0.3) is 22.6 Å². The Morgan fingerprint density at radius 2 is 1.75 bits per heavy atom. The molecule has 3 heteroatoms. The maximum Gasteiger partial charge on any atom is 0.186 e. The number of aryl methyl sites for hydroxylation is 1. The van der Waals surface area contributed by atoms with Gasteiger partial charge in [-0.25, -0.2) is 0 Å². The van der Waals surface area contributed by atoms with E-state index in [4.69, 9.17) is 9.15 Å². The van der Waals surface area contributed by atoms with E-state index in [2.05, 4.69) is 6.58 Å². The topological polar surface area (TPSA) is 39.4 Å². The van der Waals surface area contributed by atoms with Crippen LogP contribution < -0.4 is 10.2 Å². The molecule has 1 aromatic heterocycles. The van der Waals surface area contributed by atoms with Crippen molar-refractivity contribution in [3.63, 3.8) is 0 Å². The molecule has 0 aliphatic rings. The van der Waals surface area contributed by atoms with Crippen LogP contribution in [-0.4, -0.2) is 6.61 Å². The summed E-state index contributed by atoms with van der Waals surface area (Å²) >= 11 is 0. The van der Waals surface area contributed by atoms with Gasteiger partial charge in [-0.1, -0.05) is 54.6 Å². The Hall–Kier alpha value is -3.07. The smallest absolute Gasteiger partial charge is 0.186 e. The molecule has 0 radical (unpaired) electrons. The van der Waals surface area contributed by atoms with E-state index in [1.54, 1.807) is 6.08 Å². The zero-order valence-electron chi connectivity index (χ0n) is 13.5. The molecule has 0 N–H and O–H groups in total. The quantitative estimate of drug-likeness (QED) is 0.631. The van der Waals surface area contributed by atoms with Crippen molar-refractivity contribution >= 4 is 0 Å². The Labute approximate surface area is 140 Å². The van der Waals surface area contributed by atoms with Gasteiger partial charge < -0.3 is 9.15 Å². The van der Waals surface area contributed by atoms with E-state index in [1.807, 2.05) is 55.5 Å². The Balaban J connectivity index is 2.08. The first-order valence-corrected chi connectivity index (χ1v) is 7.73. The fourth-order valence-corrected chi connectivity index (χ4v) is 2.42. The van der Waals surface area contributed by atoms with Crippen LogP contribution in [0.2, 0.25) is 0 Å². The molecule has 0 spiro atoms. The van der Waals surface area contributed by atoms with E-state index in [0.29, 0.717) is 23.9 Å². The highest BCUT2D eigenvalue weighted by molar-refractivity contribution is 5.68. The first-order valence-electron chi connectivity index (χ1n) is 7.73. The molecule has 3 rings (SSSR count). The van der Waals surface area contributed by atoms with Gasteiger partial charge in [-0.15, -0.1) is 0 Å². The van der Waals surface area contributed by atoms with E-state index >= 15 is 0 Å². The summed E-state index contributed by atoms with van der Waals surface area (Å²) < 4.78 is 11.6. The molecule has 0 bridgehead atoms. The SMILES string of the molecule is C=CCOc1ccccc1-c1cc(=O)cc(-c2ccc(C)cc2)o1. The van der Waals surface area contributed by atoms with Crippen molar-refractivity contribution in [1.29, 1.82) is 0 Å². The number of para-hydroxylation sites is 1. The largest absolute Gasteiger partial charge is 0.489 e. The third-order valence-electron chi connectivity index (χ3n) is 3.61. The van der Waals surface area contributed by atoms with Crippen molar-refractivity contribution in [3.8, 4) is 28.4 Å². The van der Waals surface area contributed by atoms with Crippen molar-refractivity contribution in [1.82, 2.24) is 0 Å². The van der Waals surface area contributed by atoms with Gasteiger partial charge in [0.15, 0.2) is 5.43 Å². The minimum absolute atomic E-state index is 0.106. The van der Waals surface area contributed by atoms with Crippen LogP contribution in [-0.2, 0) is 0 Å². The Kier molecular flexibility index (Phi) is 4.62. The second kappa shape index (κ2) is 7.01. The third-order valence-corrected chi connectivity index (χ3v) is 3.61. The van der Waals surface area contributed by atoms with E-state index in [1.165, 1.54) is 12.1 Å². The van der Waals surface area contributed by atoms with Crippen LogP contribution >= 0.6 is 0 Å². The second-order valence-corrected chi connectivity index (χ2v) is 5.48. The Morgan fingerprint density at radius 1 is 1.04 bits per heavy atom. The minimum atomic E-state index is -0.106. The molecular weight excluding hydrogens is 300 g/mol. The molecule has 1 heterocycles. The van der Waals surface area contributed by atoms with Crippen molar-refractivity contribution in [2.45, 2.75) is 6.92 Å². The van der Waals surface area contributed by atoms with E-state index < -0.39 is 0 Å². The molecule has 0 fully saturated rings. The lowest BCUT2D eigenvalue weighted by atomic mass is 10.1. The molecule has 24 heavy (non-hydrogen) atoms. The normalized spacial score (nSPS) is 10.4. The molecule has 0 unspecified atom stereocenters. The maximum absolute atomic E-state index is 12.1. The monoisotopic (exact) mass is 318 g/mol. The summed E-state index contributed by atoms with van der Waals surface area (Å²) in [7, 11) is 0. The first kappa shape index (κ1) is 15.8. The van der Waals surface area contributed by atoms with E-state index in [0.717, 1.165) is 16.7 Å². The van der Waals surface area contributed by atoms with Crippen LogP contribution in [0, 0.1) is 6.92 Å². The van der Waals surface area contributed by atoms with Gasteiger partial charge in [0.1, 0.15) is 23.9 Å². The van der Waals surface area contributed by atoms with Crippen LogP contribution in [0.5, 0.6) is 5.75 Å². The van der Waals surface area contributed by atoms with Gasteiger partial charge in [0.05, 0.1) is 5.56 Å². The summed E-state index contributed by atoms with van der Waals surface area (Å²) in [5.74, 6) is 1.68. The number of rotatable bonds is 5. The van der Waals surface area contributed by atoms with Gasteiger partial charge in [0.25, 0.3) is 0 Å². The van der Waals surface area contributed by atoms with Crippen molar-refractivity contribution in [3.05, 3.63) is 89.1 Å². The summed E-state index contributed by atoms with van der Waals surface area (Å²) in [5.41, 5.74) is 2.65. The minimum Gasteiger partial charge on any atom is -0.489 e. The predicted octanol–water partition coefficient (Wildman–Crippen LogP) is 4.85. The predicted molar refractivity (Wildman–Crippen MR) is 96.3 cm³/mol. The van der Waals surface area contributed by atoms with Crippen molar-refractivity contribution in [2.24, 2.45) is 0 Å². The highest BCUT2D eigenvalue weighted by atomic mass is 16.5. The average Bonchev–Trinajstić information content (AvgIpc) is 2.60. The van der Waals surface area contributed by atoms with Gasteiger partial charge in [-0.3, -0.25) is 4.79 Å². The van der Waals surface area contributed by atoms with E-state index in [-0.39, 0.29) is 5.43 Å². The molecular formula is C21H18O3. The zero-order valence-corrected chi connectivity index (χ0v) is 13.5. The molecule has 0 aliphatic heterocycles. The highest BCUT2D eigenvalue weighted by Gasteiger charge is 2.11. The molecule has 0 saturated heterocycles. The summed E-state index contributed by atoms with van der Waals surface area (Å²) in [4.78, 5) is 12.1. The number of hydrogen-bond acceptors (Lipinski definition) is 3. The van der Waals surface area contributed by atoms with E-state index in [9.17, 15) is 4.79 Å². The average molecular weight is 318 g/mol. The number of benzene rings is 2. The lowest BCUT2D eigenvalue weighted by molar-refractivity contribution is 0.363. The number of ether oxygens (including phenoxy) is 1. The molecule has 2 aromatic carbocycles. The fourth-order valence-electron chi connectivity index (χ4n) is 2.42. The lowest BCUT2D eigenvalue weighted by Gasteiger charge is -2.10. The zero-order chi connectivity index (χ0) is 16.9. The summed E-state index contributed by atoms with van der Waals surface area (Å²) in [6, 6.07) is 18.3. The maximum atomic E-state index is 12.1. The second-order valence-electron chi connectivity index (χ2n) is 5.48. The summed E-state index contributed by atoms with van der Waals surface area (Å²) in [6.07, 6.45) is 1.68. The Morgan fingerprint density at radius 3 is 2.50 bits per heavy atom. The van der Waals surface area contributed by atoms with Gasteiger partial charge in [-0.2, -0.15) is 0 Å². The van der Waals surface area contributed by atoms with Gasteiger partial charge >= 0.3 is 0 Å². The fraction of sp³-hybridized carbons (Fsp3) is 0.0952. The van der Waals surface area contributed by atoms with Gasteiger partial charge in [-0.05, 0) is 19.1 Å². The third kappa shape index (κ3) is 3.46. The molecule has 120 valence electrons. The van der Waals surface area contributed by atoms with Gasteiger partial charge in [0.2, 0.25) is 0 Å². The Bertz CT molecular complexity index is 905. The lowest BCUT2D eigenvalue weighted by Crippen LogP contribution is -2.00. The van der Waals surface area contributed by atoms with Gasteiger partial charge in [0, 0.05) is 17.7 Å². The first-order chi connectivity index (χ1) is 11.7. The molecule has 3 aromatic rings. The molecule has 0 saturated carbocycles. The molecule has 0 aliphatic carbocycles. The van der Waals surface area contributed by atoms with Crippen LogP contribution in [0.1, 0.15) is 5.56 Å². The molecule has 0 amide bonds. The van der Waals surface area contributed by atoms with Crippen LogP contribution in [0.3, 0.4) is 0 Å². The van der Waals surface area contributed by atoms with Crippen molar-refractivity contribution in [2.75, 3.05) is 6.61 Å². The number of hydrogen-bond donors (Lipinski definition) is 0. The van der Waals surface area contributed by atoms with Crippen LogP contribution in [0.15, 0.2) is 82.5 Å². The van der Waals surface area contributed by atoms with Crippen molar-refractivity contribution < 1.29 is 9.15 Å². The molecule has 3 nitrogen and oxygen atoms in total. The van der Waals surface area contributed by atoms with Crippen LogP contribution in [0.4, 0.5) is 0 Å².